The van der Waals surface area contributed by atoms with Crippen LogP contribution < -0.4 is 10.2 Å². The number of aryl methyl sites for hydroxylation is 1. The monoisotopic (exact) mass is 315 g/mol. The molecule has 0 aliphatic carbocycles. The molecular weight excluding hydrogens is 286 g/mol. The van der Waals surface area contributed by atoms with E-state index in [-0.39, 0.29) is 5.91 Å². The van der Waals surface area contributed by atoms with Gasteiger partial charge in [0.25, 0.3) is 5.91 Å². The Hall–Kier alpha value is -1.55. The Morgan fingerprint density at radius 3 is 2.74 bits per heavy atom. The predicted molar refractivity (Wildman–Crippen MR) is 95.2 cm³/mol. The summed E-state index contributed by atoms with van der Waals surface area (Å²) in [4.78, 5) is 17.6. The SMILES string of the molecule is CNCC1CCCN(C(=O)c2cc(C)ccc2N2CCCC2)C1. The summed E-state index contributed by atoms with van der Waals surface area (Å²) >= 11 is 0. The van der Waals surface area contributed by atoms with Gasteiger partial charge in [-0.05, 0) is 64.3 Å². The summed E-state index contributed by atoms with van der Waals surface area (Å²) in [6.07, 6.45) is 4.80. The van der Waals surface area contributed by atoms with Crippen LogP contribution in [0.25, 0.3) is 0 Å². The average Bonchev–Trinajstić information content (AvgIpc) is 3.09. The van der Waals surface area contributed by atoms with Crippen molar-refractivity contribution in [1.29, 1.82) is 0 Å². The van der Waals surface area contributed by atoms with Gasteiger partial charge in [0.05, 0.1) is 5.56 Å². The van der Waals surface area contributed by atoms with Crippen LogP contribution in [0.3, 0.4) is 0 Å². The molecule has 2 saturated heterocycles. The number of rotatable bonds is 4. The van der Waals surface area contributed by atoms with E-state index < -0.39 is 0 Å². The molecule has 0 spiro atoms. The summed E-state index contributed by atoms with van der Waals surface area (Å²) in [5, 5.41) is 3.26. The van der Waals surface area contributed by atoms with Crippen molar-refractivity contribution in [1.82, 2.24) is 10.2 Å². The first-order chi connectivity index (χ1) is 11.2. The van der Waals surface area contributed by atoms with Crippen LogP contribution in [0.4, 0.5) is 5.69 Å². The van der Waals surface area contributed by atoms with Gasteiger partial charge in [-0.3, -0.25) is 4.79 Å². The smallest absolute Gasteiger partial charge is 0.255 e. The van der Waals surface area contributed by atoms with Crippen molar-refractivity contribution < 1.29 is 4.79 Å². The van der Waals surface area contributed by atoms with Gasteiger partial charge in [-0.1, -0.05) is 11.6 Å². The summed E-state index contributed by atoms with van der Waals surface area (Å²) in [5.74, 6) is 0.800. The van der Waals surface area contributed by atoms with Crippen LogP contribution in [0.1, 0.15) is 41.6 Å². The Morgan fingerprint density at radius 1 is 1.22 bits per heavy atom. The molecule has 2 fully saturated rings. The van der Waals surface area contributed by atoms with Gasteiger partial charge < -0.3 is 15.1 Å². The zero-order valence-corrected chi connectivity index (χ0v) is 14.5. The van der Waals surface area contributed by atoms with E-state index in [1.54, 1.807) is 0 Å². The number of nitrogens with zero attached hydrogens (tertiary/aromatic N) is 2. The molecule has 2 heterocycles. The lowest BCUT2D eigenvalue weighted by Gasteiger charge is -2.34. The van der Waals surface area contributed by atoms with Gasteiger partial charge in [-0.2, -0.15) is 0 Å². The molecule has 1 unspecified atom stereocenters. The van der Waals surface area contributed by atoms with Crippen molar-refractivity contribution in [2.45, 2.75) is 32.6 Å². The number of likely N-dealkylation sites (tertiary alicyclic amines) is 1. The molecular formula is C19H29N3O. The zero-order chi connectivity index (χ0) is 16.2. The number of carbonyl (C=O) groups is 1. The van der Waals surface area contributed by atoms with Gasteiger partial charge in [0.1, 0.15) is 0 Å². The van der Waals surface area contributed by atoms with Gasteiger partial charge in [0, 0.05) is 31.9 Å². The van der Waals surface area contributed by atoms with Crippen molar-refractivity contribution in [2.24, 2.45) is 5.92 Å². The molecule has 1 atom stereocenters. The first-order valence-electron chi connectivity index (χ1n) is 8.98. The molecule has 0 bridgehead atoms. The maximum atomic E-state index is 13.2. The summed E-state index contributed by atoms with van der Waals surface area (Å²) in [7, 11) is 1.99. The Kier molecular flexibility index (Phi) is 5.21. The van der Waals surface area contributed by atoms with Gasteiger partial charge in [0.2, 0.25) is 0 Å². The summed E-state index contributed by atoms with van der Waals surface area (Å²) in [6, 6.07) is 6.35. The quantitative estimate of drug-likeness (QED) is 0.928. The van der Waals surface area contributed by atoms with Crippen LogP contribution in [0.5, 0.6) is 0 Å². The Morgan fingerprint density at radius 2 is 2.00 bits per heavy atom. The summed E-state index contributed by atoms with van der Waals surface area (Å²) in [5.41, 5.74) is 3.20. The third kappa shape index (κ3) is 3.69. The fraction of sp³-hybridized carbons (Fsp3) is 0.632. The minimum Gasteiger partial charge on any atom is -0.371 e. The molecule has 0 aromatic heterocycles. The molecule has 1 N–H and O–H groups in total. The maximum absolute atomic E-state index is 13.2. The first kappa shape index (κ1) is 16.3. The van der Waals surface area contributed by atoms with Crippen molar-refractivity contribution in [3.05, 3.63) is 29.3 Å². The number of carbonyl (C=O) groups excluding carboxylic acids is 1. The molecule has 3 rings (SSSR count). The Bertz CT molecular complexity index is 550. The Labute approximate surface area is 139 Å². The molecule has 0 saturated carbocycles. The molecule has 1 amide bonds. The highest BCUT2D eigenvalue weighted by atomic mass is 16.2. The lowest BCUT2D eigenvalue weighted by molar-refractivity contribution is 0.0675. The van der Waals surface area contributed by atoms with Gasteiger partial charge in [-0.25, -0.2) is 0 Å². The summed E-state index contributed by atoms with van der Waals surface area (Å²) < 4.78 is 0. The second-order valence-corrected chi connectivity index (χ2v) is 7.03. The van der Waals surface area contributed by atoms with E-state index in [2.05, 4.69) is 40.2 Å². The number of amides is 1. The minimum absolute atomic E-state index is 0.219. The molecule has 2 aliphatic rings. The topological polar surface area (TPSA) is 35.6 Å². The second-order valence-electron chi connectivity index (χ2n) is 7.03. The molecule has 1 aromatic carbocycles. The van der Waals surface area contributed by atoms with E-state index in [1.165, 1.54) is 24.8 Å². The minimum atomic E-state index is 0.219. The second kappa shape index (κ2) is 7.35. The number of piperidine rings is 1. The maximum Gasteiger partial charge on any atom is 0.255 e. The standard InChI is InChI=1S/C19H29N3O/c1-15-7-8-18(21-9-3-4-10-21)17(12-15)19(23)22-11-5-6-16(14-22)13-20-2/h7-8,12,16,20H,3-6,9-11,13-14H2,1-2H3. The van der Waals surface area contributed by atoms with E-state index in [9.17, 15) is 4.79 Å². The molecule has 1 aromatic rings. The van der Waals surface area contributed by atoms with Crippen LogP contribution in [0, 0.1) is 12.8 Å². The van der Waals surface area contributed by atoms with Crippen LogP contribution in [-0.4, -0.2) is 50.6 Å². The normalized spacial score (nSPS) is 21.7. The lowest BCUT2D eigenvalue weighted by atomic mass is 9.97. The largest absolute Gasteiger partial charge is 0.371 e. The van der Waals surface area contributed by atoms with Crippen LogP contribution in [0.2, 0.25) is 0 Å². The third-order valence-corrected chi connectivity index (χ3v) is 5.13. The molecule has 0 radical (unpaired) electrons. The van der Waals surface area contributed by atoms with E-state index in [1.807, 2.05) is 7.05 Å². The van der Waals surface area contributed by atoms with Crippen molar-refractivity contribution in [2.75, 3.05) is 44.7 Å². The van der Waals surface area contributed by atoms with Crippen molar-refractivity contribution in [3.63, 3.8) is 0 Å². The first-order valence-corrected chi connectivity index (χ1v) is 8.98. The highest BCUT2D eigenvalue weighted by Gasteiger charge is 2.27. The highest BCUT2D eigenvalue weighted by molar-refractivity contribution is 6.00. The average molecular weight is 315 g/mol. The number of hydrogen-bond acceptors (Lipinski definition) is 3. The lowest BCUT2D eigenvalue weighted by Crippen LogP contribution is -2.43. The van der Waals surface area contributed by atoms with E-state index in [0.717, 1.165) is 50.4 Å². The van der Waals surface area contributed by atoms with Crippen LogP contribution in [-0.2, 0) is 0 Å². The number of nitrogens with one attached hydrogen (secondary N) is 1. The third-order valence-electron chi connectivity index (χ3n) is 5.13. The molecule has 126 valence electrons. The summed E-state index contributed by atoms with van der Waals surface area (Å²) in [6.45, 7) is 7.00. The highest BCUT2D eigenvalue weighted by Crippen LogP contribution is 2.28. The van der Waals surface area contributed by atoms with E-state index >= 15 is 0 Å². The molecule has 4 nitrogen and oxygen atoms in total. The van der Waals surface area contributed by atoms with Crippen molar-refractivity contribution in [3.8, 4) is 0 Å². The van der Waals surface area contributed by atoms with Gasteiger partial charge >= 0.3 is 0 Å². The number of benzene rings is 1. The number of anilines is 1. The van der Waals surface area contributed by atoms with E-state index in [4.69, 9.17) is 0 Å². The van der Waals surface area contributed by atoms with Gasteiger partial charge in [-0.15, -0.1) is 0 Å². The zero-order valence-electron chi connectivity index (χ0n) is 14.5. The fourth-order valence-corrected chi connectivity index (χ4v) is 3.93. The van der Waals surface area contributed by atoms with Crippen LogP contribution >= 0.6 is 0 Å². The van der Waals surface area contributed by atoms with Crippen LogP contribution in [0.15, 0.2) is 18.2 Å². The fourth-order valence-electron chi connectivity index (χ4n) is 3.93. The Balaban J connectivity index is 1.82. The molecule has 4 heteroatoms. The predicted octanol–water partition coefficient (Wildman–Crippen LogP) is 2.67. The molecule has 2 aliphatic heterocycles. The van der Waals surface area contributed by atoms with Gasteiger partial charge in [0.15, 0.2) is 0 Å². The van der Waals surface area contributed by atoms with Crippen molar-refractivity contribution >= 4 is 11.6 Å². The molecule has 23 heavy (non-hydrogen) atoms. The number of hydrogen-bond donors (Lipinski definition) is 1. The van der Waals surface area contributed by atoms with E-state index in [0.29, 0.717) is 5.92 Å².